The van der Waals surface area contributed by atoms with E-state index in [0.29, 0.717) is 24.2 Å². The number of carbonyl (C=O) groups is 2. The Morgan fingerprint density at radius 2 is 1.67 bits per heavy atom. The van der Waals surface area contributed by atoms with E-state index in [1.807, 2.05) is 6.07 Å². The standard InChI is InChI=1S/C16H13FN2O2/c17-12-2-1-3-13(9-12)18-16(21)19-14-5-4-10-7-15(20)8-11(10)6-14/h1-6,9H,7-8H2,(H2,18,19,21). The fourth-order valence-electron chi connectivity index (χ4n) is 2.39. The number of nitrogens with one attached hydrogen (secondary N) is 2. The van der Waals surface area contributed by atoms with Crippen LogP contribution in [0.2, 0.25) is 0 Å². The molecule has 0 bridgehead atoms. The van der Waals surface area contributed by atoms with Gasteiger partial charge in [-0.15, -0.1) is 0 Å². The van der Waals surface area contributed by atoms with E-state index >= 15 is 0 Å². The minimum atomic E-state index is -0.454. The van der Waals surface area contributed by atoms with Crippen molar-refractivity contribution in [3.63, 3.8) is 0 Å². The van der Waals surface area contributed by atoms with Crippen molar-refractivity contribution in [2.24, 2.45) is 0 Å². The van der Waals surface area contributed by atoms with E-state index in [9.17, 15) is 14.0 Å². The van der Waals surface area contributed by atoms with Gasteiger partial charge in [-0.1, -0.05) is 12.1 Å². The van der Waals surface area contributed by atoms with Crippen LogP contribution in [0.3, 0.4) is 0 Å². The van der Waals surface area contributed by atoms with Crippen LogP contribution in [0.1, 0.15) is 11.1 Å². The topological polar surface area (TPSA) is 58.2 Å². The van der Waals surface area contributed by atoms with Crippen LogP contribution >= 0.6 is 0 Å². The molecule has 0 heterocycles. The first-order valence-electron chi connectivity index (χ1n) is 6.57. The molecule has 1 aliphatic rings. The summed E-state index contributed by atoms with van der Waals surface area (Å²) in [4.78, 5) is 23.2. The number of urea groups is 1. The average Bonchev–Trinajstić information content (AvgIpc) is 2.78. The third kappa shape index (κ3) is 3.08. The van der Waals surface area contributed by atoms with E-state index in [2.05, 4.69) is 10.6 Å². The summed E-state index contributed by atoms with van der Waals surface area (Å²) in [5.74, 6) is -0.227. The molecular formula is C16H13FN2O2. The Bertz CT molecular complexity index is 728. The molecule has 0 aliphatic heterocycles. The van der Waals surface area contributed by atoms with Crippen molar-refractivity contribution in [3.8, 4) is 0 Å². The third-order valence-electron chi connectivity index (χ3n) is 3.32. The highest BCUT2D eigenvalue weighted by Gasteiger charge is 2.18. The molecule has 0 fully saturated rings. The largest absolute Gasteiger partial charge is 0.323 e. The zero-order chi connectivity index (χ0) is 14.8. The van der Waals surface area contributed by atoms with Crippen LogP contribution in [0.25, 0.3) is 0 Å². The molecule has 106 valence electrons. The maximum atomic E-state index is 13.0. The Labute approximate surface area is 121 Å². The highest BCUT2D eigenvalue weighted by atomic mass is 19.1. The first-order chi connectivity index (χ1) is 10.1. The molecule has 2 N–H and O–H groups in total. The number of halogens is 1. The Balaban J connectivity index is 1.68. The van der Waals surface area contributed by atoms with Gasteiger partial charge in [0.1, 0.15) is 11.6 Å². The molecule has 0 unspecified atom stereocenters. The highest BCUT2D eigenvalue weighted by Crippen LogP contribution is 2.23. The number of anilines is 2. The Morgan fingerprint density at radius 1 is 0.952 bits per heavy atom. The molecule has 2 aromatic carbocycles. The summed E-state index contributed by atoms with van der Waals surface area (Å²) < 4.78 is 13.0. The number of Topliss-reactive ketones (excluding diaryl/α,β-unsaturated/α-hetero) is 1. The van der Waals surface area contributed by atoms with Crippen LogP contribution in [-0.4, -0.2) is 11.8 Å². The molecule has 0 saturated carbocycles. The Morgan fingerprint density at radius 3 is 2.43 bits per heavy atom. The maximum Gasteiger partial charge on any atom is 0.323 e. The number of carbonyl (C=O) groups excluding carboxylic acids is 2. The smallest absolute Gasteiger partial charge is 0.308 e. The van der Waals surface area contributed by atoms with Crippen molar-refractivity contribution >= 4 is 23.2 Å². The van der Waals surface area contributed by atoms with Crippen LogP contribution in [0.4, 0.5) is 20.6 Å². The SMILES string of the molecule is O=C1Cc2ccc(NC(=O)Nc3cccc(F)c3)cc2C1. The van der Waals surface area contributed by atoms with Crippen molar-refractivity contribution in [1.29, 1.82) is 0 Å². The zero-order valence-electron chi connectivity index (χ0n) is 11.2. The molecule has 5 heteroatoms. The lowest BCUT2D eigenvalue weighted by Crippen LogP contribution is -2.19. The number of hydrogen-bond acceptors (Lipinski definition) is 2. The van der Waals surface area contributed by atoms with Gasteiger partial charge in [0.2, 0.25) is 0 Å². The lowest BCUT2D eigenvalue weighted by molar-refractivity contribution is -0.117. The van der Waals surface area contributed by atoms with Gasteiger partial charge >= 0.3 is 6.03 Å². The number of benzene rings is 2. The molecule has 0 saturated heterocycles. The van der Waals surface area contributed by atoms with Gasteiger partial charge in [-0.3, -0.25) is 4.79 Å². The summed E-state index contributed by atoms with van der Waals surface area (Å²) in [5.41, 5.74) is 2.95. The molecule has 4 nitrogen and oxygen atoms in total. The molecule has 2 aromatic rings. The van der Waals surface area contributed by atoms with Crippen molar-refractivity contribution in [2.45, 2.75) is 12.8 Å². The minimum Gasteiger partial charge on any atom is -0.308 e. The normalized spacial score (nSPS) is 12.9. The van der Waals surface area contributed by atoms with Crippen molar-refractivity contribution < 1.29 is 14.0 Å². The fourth-order valence-corrected chi connectivity index (χ4v) is 2.39. The van der Waals surface area contributed by atoms with Crippen LogP contribution in [-0.2, 0) is 17.6 Å². The van der Waals surface area contributed by atoms with E-state index in [-0.39, 0.29) is 5.78 Å². The van der Waals surface area contributed by atoms with E-state index in [4.69, 9.17) is 0 Å². The van der Waals surface area contributed by atoms with Gasteiger partial charge in [0.05, 0.1) is 0 Å². The third-order valence-corrected chi connectivity index (χ3v) is 3.32. The molecule has 0 radical (unpaired) electrons. The van der Waals surface area contributed by atoms with E-state index in [0.717, 1.165) is 11.1 Å². The molecule has 21 heavy (non-hydrogen) atoms. The zero-order valence-corrected chi connectivity index (χ0v) is 11.2. The fraction of sp³-hybridized carbons (Fsp3) is 0.125. The van der Waals surface area contributed by atoms with Crippen LogP contribution in [0.15, 0.2) is 42.5 Å². The molecule has 0 atom stereocenters. The maximum absolute atomic E-state index is 13.0. The van der Waals surface area contributed by atoms with Crippen molar-refractivity contribution in [2.75, 3.05) is 10.6 Å². The number of amides is 2. The van der Waals surface area contributed by atoms with Gasteiger partial charge in [0.25, 0.3) is 0 Å². The van der Waals surface area contributed by atoms with Crippen LogP contribution in [0.5, 0.6) is 0 Å². The lowest BCUT2D eigenvalue weighted by Gasteiger charge is -2.09. The van der Waals surface area contributed by atoms with Gasteiger partial charge in [-0.25, -0.2) is 9.18 Å². The number of hydrogen-bond donors (Lipinski definition) is 2. The summed E-state index contributed by atoms with van der Waals surface area (Å²) in [6.07, 6.45) is 0.876. The average molecular weight is 284 g/mol. The predicted molar refractivity (Wildman–Crippen MR) is 77.9 cm³/mol. The number of fused-ring (bicyclic) bond motifs is 1. The Hall–Kier alpha value is -2.69. The molecule has 0 aromatic heterocycles. The second-order valence-corrected chi connectivity index (χ2v) is 4.97. The van der Waals surface area contributed by atoms with E-state index in [1.165, 1.54) is 18.2 Å². The van der Waals surface area contributed by atoms with Gasteiger partial charge in [-0.05, 0) is 41.5 Å². The summed E-state index contributed by atoms with van der Waals surface area (Å²) in [6, 6.07) is 10.6. The van der Waals surface area contributed by atoms with Gasteiger partial charge in [0, 0.05) is 24.2 Å². The van der Waals surface area contributed by atoms with E-state index < -0.39 is 11.8 Å². The first-order valence-corrected chi connectivity index (χ1v) is 6.57. The quantitative estimate of drug-likeness (QED) is 0.890. The minimum absolute atomic E-state index is 0.186. The predicted octanol–water partition coefficient (Wildman–Crippen LogP) is 3.14. The van der Waals surface area contributed by atoms with Gasteiger partial charge < -0.3 is 10.6 Å². The molecule has 2 amide bonds. The van der Waals surface area contributed by atoms with Crippen LogP contribution < -0.4 is 10.6 Å². The van der Waals surface area contributed by atoms with Gasteiger partial charge in [-0.2, -0.15) is 0 Å². The van der Waals surface area contributed by atoms with Crippen molar-refractivity contribution in [1.82, 2.24) is 0 Å². The molecular weight excluding hydrogens is 271 g/mol. The lowest BCUT2D eigenvalue weighted by atomic mass is 10.1. The second kappa shape index (κ2) is 5.36. The Kier molecular flexibility index (Phi) is 3.39. The van der Waals surface area contributed by atoms with Crippen molar-refractivity contribution in [3.05, 3.63) is 59.4 Å². The summed E-state index contributed by atoms with van der Waals surface area (Å²) >= 11 is 0. The van der Waals surface area contributed by atoms with Crippen LogP contribution in [0, 0.1) is 5.82 Å². The summed E-state index contributed by atoms with van der Waals surface area (Å²) in [6.45, 7) is 0. The summed E-state index contributed by atoms with van der Waals surface area (Å²) in [7, 11) is 0. The highest BCUT2D eigenvalue weighted by molar-refractivity contribution is 6.00. The number of ketones is 1. The second-order valence-electron chi connectivity index (χ2n) is 4.97. The first kappa shape index (κ1) is 13.3. The van der Waals surface area contributed by atoms with E-state index in [1.54, 1.807) is 18.2 Å². The molecule has 3 rings (SSSR count). The van der Waals surface area contributed by atoms with Gasteiger partial charge in [0.15, 0.2) is 0 Å². The summed E-state index contributed by atoms with van der Waals surface area (Å²) in [5, 5.41) is 5.22. The number of rotatable bonds is 2. The molecule has 1 aliphatic carbocycles. The molecule has 0 spiro atoms. The monoisotopic (exact) mass is 284 g/mol.